The lowest BCUT2D eigenvalue weighted by Gasteiger charge is -2.46. The second-order valence-corrected chi connectivity index (χ2v) is 7.48. The smallest absolute Gasteiger partial charge is 0.240 e. The SMILES string of the molecule is CCc1nnc([C@]23CC[C@H]2CCN3Cc2nc(CC3CC3)no2)o1. The summed E-state index contributed by atoms with van der Waals surface area (Å²) >= 11 is 0. The van der Waals surface area contributed by atoms with E-state index in [-0.39, 0.29) is 5.54 Å². The van der Waals surface area contributed by atoms with Crippen LogP contribution < -0.4 is 0 Å². The number of rotatable bonds is 6. The summed E-state index contributed by atoms with van der Waals surface area (Å²) in [5, 5.41) is 12.7. The number of aryl methyl sites for hydroxylation is 1. The molecular weight excluding hydrogens is 306 g/mol. The Hall–Kier alpha value is -1.76. The van der Waals surface area contributed by atoms with Crippen molar-refractivity contribution in [3.8, 4) is 0 Å². The monoisotopic (exact) mass is 329 g/mol. The largest absolute Gasteiger partial charge is 0.423 e. The molecule has 0 radical (unpaired) electrons. The van der Waals surface area contributed by atoms with Gasteiger partial charge in [0.1, 0.15) is 5.54 Å². The van der Waals surface area contributed by atoms with Crippen molar-refractivity contribution < 1.29 is 8.94 Å². The van der Waals surface area contributed by atoms with Crippen molar-refractivity contribution in [3.63, 3.8) is 0 Å². The molecular formula is C17H23N5O2. The Balaban J connectivity index is 1.37. The molecule has 0 spiro atoms. The van der Waals surface area contributed by atoms with E-state index in [2.05, 4.69) is 25.2 Å². The molecule has 0 unspecified atom stereocenters. The van der Waals surface area contributed by atoms with Crippen LogP contribution in [0.1, 0.15) is 62.5 Å². The second-order valence-electron chi connectivity index (χ2n) is 7.48. The number of aromatic nitrogens is 4. The summed E-state index contributed by atoms with van der Waals surface area (Å²) < 4.78 is 11.4. The molecule has 3 fully saturated rings. The van der Waals surface area contributed by atoms with Crippen molar-refractivity contribution in [2.24, 2.45) is 11.8 Å². The third-order valence-electron chi connectivity index (χ3n) is 6.01. The third kappa shape index (κ3) is 2.21. The van der Waals surface area contributed by atoms with Crippen LogP contribution in [0.4, 0.5) is 0 Å². The summed E-state index contributed by atoms with van der Waals surface area (Å²) in [5.74, 6) is 4.46. The van der Waals surface area contributed by atoms with Crippen molar-refractivity contribution in [1.29, 1.82) is 0 Å². The van der Waals surface area contributed by atoms with Crippen molar-refractivity contribution in [2.45, 2.75) is 64.0 Å². The molecule has 0 aromatic carbocycles. The van der Waals surface area contributed by atoms with E-state index in [9.17, 15) is 0 Å². The van der Waals surface area contributed by atoms with Gasteiger partial charge in [0.05, 0.1) is 6.54 Å². The first-order valence-corrected chi connectivity index (χ1v) is 9.17. The molecule has 5 rings (SSSR count). The molecule has 3 heterocycles. The number of fused-ring (bicyclic) bond motifs is 1. The summed E-state index contributed by atoms with van der Waals surface area (Å²) in [6, 6.07) is 0. The van der Waals surface area contributed by atoms with Gasteiger partial charge >= 0.3 is 0 Å². The Bertz CT molecular complexity index is 737. The minimum absolute atomic E-state index is 0.106. The molecule has 2 aromatic heterocycles. The minimum Gasteiger partial charge on any atom is -0.423 e. The summed E-state index contributed by atoms with van der Waals surface area (Å²) in [5.41, 5.74) is -0.106. The van der Waals surface area contributed by atoms with E-state index in [0.717, 1.165) is 49.3 Å². The Labute approximate surface area is 140 Å². The highest BCUT2D eigenvalue weighted by Crippen LogP contribution is 2.56. The molecule has 2 atom stereocenters. The standard InChI is InChI=1S/C17H23N5O2/c1-2-14-19-20-16(23-14)17-7-5-12(17)6-8-22(17)10-15-18-13(21-24-15)9-11-3-4-11/h11-12H,2-10H2,1H3/t12-,17-/m0/s1. The molecule has 3 aliphatic rings. The zero-order valence-corrected chi connectivity index (χ0v) is 14.1. The van der Waals surface area contributed by atoms with E-state index >= 15 is 0 Å². The van der Waals surface area contributed by atoms with Gasteiger partial charge in [-0.1, -0.05) is 12.1 Å². The third-order valence-corrected chi connectivity index (χ3v) is 6.01. The molecule has 24 heavy (non-hydrogen) atoms. The predicted molar refractivity (Wildman–Crippen MR) is 83.8 cm³/mol. The first-order chi connectivity index (χ1) is 11.8. The predicted octanol–water partition coefficient (Wildman–Crippen LogP) is 2.48. The van der Waals surface area contributed by atoms with Gasteiger partial charge < -0.3 is 8.94 Å². The topological polar surface area (TPSA) is 81.1 Å². The molecule has 0 amide bonds. The zero-order valence-electron chi connectivity index (χ0n) is 14.1. The van der Waals surface area contributed by atoms with E-state index in [1.54, 1.807) is 0 Å². The van der Waals surface area contributed by atoms with Crippen LogP contribution in [0.3, 0.4) is 0 Å². The van der Waals surface area contributed by atoms with Crippen LogP contribution in [-0.4, -0.2) is 31.8 Å². The van der Waals surface area contributed by atoms with Crippen LogP contribution in [0, 0.1) is 11.8 Å². The molecule has 0 bridgehead atoms. The number of hydrogen-bond donors (Lipinski definition) is 0. The van der Waals surface area contributed by atoms with Crippen LogP contribution in [0.25, 0.3) is 0 Å². The van der Waals surface area contributed by atoms with Gasteiger partial charge in [0.25, 0.3) is 0 Å². The van der Waals surface area contributed by atoms with Gasteiger partial charge in [0.2, 0.25) is 17.7 Å². The van der Waals surface area contributed by atoms with E-state index in [4.69, 9.17) is 8.94 Å². The van der Waals surface area contributed by atoms with Crippen LogP contribution >= 0.6 is 0 Å². The van der Waals surface area contributed by atoms with Gasteiger partial charge in [0, 0.05) is 19.4 Å². The quantitative estimate of drug-likeness (QED) is 0.805. The van der Waals surface area contributed by atoms with Gasteiger partial charge in [-0.25, -0.2) is 0 Å². The van der Waals surface area contributed by atoms with Crippen LogP contribution in [0.5, 0.6) is 0 Å². The zero-order chi connectivity index (χ0) is 16.1. The van der Waals surface area contributed by atoms with Crippen LogP contribution in [0.2, 0.25) is 0 Å². The lowest BCUT2D eigenvalue weighted by molar-refractivity contribution is -0.0210. The Morgan fingerprint density at radius 3 is 2.79 bits per heavy atom. The second kappa shape index (κ2) is 5.37. The van der Waals surface area contributed by atoms with Crippen molar-refractivity contribution in [2.75, 3.05) is 6.54 Å². The molecule has 7 heteroatoms. The Morgan fingerprint density at radius 2 is 2.08 bits per heavy atom. The highest BCUT2D eigenvalue weighted by Gasteiger charge is 2.59. The maximum absolute atomic E-state index is 5.94. The van der Waals surface area contributed by atoms with E-state index in [1.807, 2.05) is 6.92 Å². The van der Waals surface area contributed by atoms with Crippen molar-refractivity contribution in [3.05, 3.63) is 23.5 Å². The molecule has 128 valence electrons. The molecule has 2 aromatic rings. The summed E-state index contributed by atoms with van der Waals surface area (Å²) in [4.78, 5) is 7.02. The minimum atomic E-state index is -0.106. The molecule has 0 N–H and O–H groups in total. The Kier molecular flexibility index (Phi) is 3.26. The van der Waals surface area contributed by atoms with Gasteiger partial charge in [-0.05, 0) is 43.9 Å². The fraction of sp³-hybridized carbons (Fsp3) is 0.765. The lowest BCUT2D eigenvalue weighted by Crippen LogP contribution is -2.51. The average Bonchev–Trinajstić information content (AvgIpc) is 2.97. The molecule has 2 saturated carbocycles. The van der Waals surface area contributed by atoms with Crippen LogP contribution in [-0.2, 0) is 24.9 Å². The van der Waals surface area contributed by atoms with Crippen molar-refractivity contribution >= 4 is 0 Å². The highest BCUT2D eigenvalue weighted by atomic mass is 16.5. The average molecular weight is 329 g/mol. The number of likely N-dealkylation sites (tertiary alicyclic amines) is 1. The highest BCUT2D eigenvalue weighted by molar-refractivity contribution is 5.17. The molecule has 2 aliphatic carbocycles. The van der Waals surface area contributed by atoms with Gasteiger partial charge in [-0.3, -0.25) is 4.90 Å². The fourth-order valence-corrected chi connectivity index (χ4v) is 4.32. The summed E-state index contributed by atoms with van der Waals surface area (Å²) in [6.45, 7) is 3.74. The normalized spacial score (nSPS) is 29.6. The van der Waals surface area contributed by atoms with Gasteiger partial charge in [-0.15, -0.1) is 10.2 Å². The maximum atomic E-state index is 5.94. The first kappa shape index (κ1) is 14.6. The van der Waals surface area contributed by atoms with E-state index < -0.39 is 0 Å². The summed E-state index contributed by atoms with van der Waals surface area (Å²) in [6.07, 6.45) is 7.83. The Morgan fingerprint density at radius 1 is 1.17 bits per heavy atom. The number of hydrogen-bond acceptors (Lipinski definition) is 7. The van der Waals surface area contributed by atoms with E-state index in [0.29, 0.717) is 18.4 Å². The molecule has 1 aliphatic heterocycles. The molecule has 1 saturated heterocycles. The fourth-order valence-electron chi connectivity index (χ4n) is 4.32. The maximum Gasteiger partial charge on any atom is 0.240 e. The van der Waals surface area contributed by atoms with Crippen LogP contribution in [0.15, 0.2) is 8.94 Å². The van der Waals surface area contributed by atoms with Gasteiger partial charge in [0.15, 0.2) is 5.82 Å². The molecule has 7 nitrogen and oxygen atoms in total. The lowest BCUT2D eigenvalue weighted by atomic mass is 9.67. The first-order valence-electron chi connectivity index (χ1n) is 9.17. The van der Waals surface area contributed by atoms with Gasteiger partial charge in [-0.2, -0.15) is 4.98 Å². The number of nitrogens with zero attached hydrogens (tertiary/aromatic N) is 5. The van der Waals surface area contributed by atoms with Crippen molar-refractivity contribution in [1.82, 2.24) is 25.2 Å². The van der Waals surface area contributed by atoms with E-state index in [1.165, 1.54) is 25.7 Å². The summed E-state index contributed by atoms with van der Waals surface area (Å²) in [7, 11) is 0.